The van der Waals surface area contributed by atoms with Gasteiger partial charge in [-0.3, -0.25) is 0 Å². The van der Waals surface area contributed by atoms with E-state index in [1.807, 2.05) is 43.7 Å². The third-order valence-electron chi connectivity index (χ3n) is 7.48. The molecule has 1 aliphatic carbocycles. The van der Waals surface area contributed by atoms with E-state index in [4.69, 9.17) is 17.3 Å². The largest absolute Gasteiger partial charge is 0.387 e. The second-order valence-corrected chi connectivity index (χ2v) is 10.4. The number of nitrogens with one attached hydrogen (secondary N) is 2. The maximum absolute atomic E-state index is 6.56. The summed E-state index contributed by atoms with van der Waals surface area (Å²) in [5, 5.41) is 7.34. The summed E-state index contributed by atoms with van der Waals surface area (Å²) in [5.41, 5.74) is 17.9. The number of nitrogens with two attached hydrogens (primary N) is 1. The summed E-state index contributed by atoms with van der Waals surface area (Å²) in [5.74, 6) is 1.18. The Morgan fingerprint density at radius 3 is 2.50 bits per heavy atom. The highest BCUT2D eigenvalue weighted by Gasteiger charge is 2.22. The Labute approximate surface area is 252 Å². The van der Waals surface area contributed by atoms with Crippen molar-refractivity contribution in [3.05, 3.63) is 132 Å². The molecule has 210 valence electrons. The highest BCUT2D eigenvalue weighted by atomic mass is 35.5. The first-order valence-electron chi connectivity index (χ1n) is 13.8. The SMILES string of the molecule is C=CC/C(C=C)=C\Nc1cc(-c2cccc(-c3cccc4c3CC/C4=C\c3nc(N)c(C=C)cc3Cl)c2NC)ccn1. The van der Waals surface area contributed by atoms with Crippen LogP contribution in [0.2, 0.25) is 5.02 Å². The summed E-state index contributed by atoms with van der Waals surface area (Å²) in [6.07, 6.45) is 13.7. The first kappa shape index (κ1) is 28.7. The number of anilines is 3. The lowest BCUT2D eigenvalue weighted by Gasteiger charge is -2.18. The second kappa shape index (κ2) is 12.8. The number of aromatic nitrogens is 2. The van der Waals surface area contributed by atoms with Gasteiger partial charge in [-0.1, -0.05) is 79.4 Å². The highest BCUT2D eigenvalue weighted by molar-refractivity contribution is 6.32. The number of halogens is 1. The number of allylic oxidation sites excluding steroid dienone is 4. The zero-order valence-corrected chi connectivity index (χ0v) is 24.5. The Hall–Kier alpha value is -4.87. The number of hydrogen-bond acceptors (Lipinski definition) is 5. The van der Waals surface area contributed by atoms with Crippen molar-refractivity contribution in [2.45, 2.75) is 19.3 Å². The summed E-state index contributed by atoms with van der Waals surface area (Å²) < 4.78 is 0. The van der Waals surface area contributed by atoms with Gasteiger partial charge in [-0.15, -0.1) is 6.58 Å². The van der Waals surface area contributed by atoms with Crippen molar-refractivity contribution < 1.29 is 0 Å². The fourth-order valence-corrected chi connectivity index (χ4v) is 5.63. The third kappa shape index (κ3) is 5.78. The van der Waals surface area contributed by atoms with Gasteiger partial charge in [-0.05, 0) is 76.9 Å². The first-order chi connectivity index (χ1) is 20.5. The lowest BCUT2D eigenvalue weighted by atomic mass is 9.91. The minimum atomic E-state index is 0.423. The smallest absolute Gasteiger partial charge is 0.131 e. The van der Waals surface area contributed by atoms with Gasteiger partial charge >= 0.3 is 0 Å². The third-order valence-corrected chi connectivity index (χ3v) is 7.79. The van der Waals surface area contributed by atoms with Crippen molar-refractivity contribution in [2.75, 3.05) is 23.4 Å². The van der Waals surface area contributed by atoms with E-state index < -0.39 is 0 Å². The molecule has 4 aromatic rings. The van der Waals surface area contributed by atoms with E-state index in [1.165, 1.54) is 22.3 Å². The molecule has 4 N–H and O–H groups in total. The monoisotopic (exact) mass is 571 g/mol. The van der Waals surface area contributed by atoms with Crippen LogP contribution in [-0.4, -0.2) is 17.0 Å². The number of pyridine rings is 2. The second-order valence-electron chi connectivity index (χ2n) is 10.0. The van der Waals surface area contributed by atoms with Crippen LogP contribution in [0.15, 0.2) is 104 Å². The molecule has 0 radical (unpaired) electrons. The summed E-state index contributed by atoms with van der Waals surface area (Å²) in [4.78, 5) is 9.05. The van der Waals surface area contributed by atoms with E-state index in [2.05, 4.69) is 88.9 Å². The van der Waals surface area contributed by atoms with Crippen LogP contribution in [0.5, 0.6) is 0 Å². The molecule has 0 amide bonds. The fourth-order valence-electron chi connectivity index (χ4n) is 5.41. The average Bonchev–Trinajstić information content (AvgIpc) is 3.43. The Morgan fingerprint density at radius 2 is 1.76 bits per heavy atom. The normalized spacial score (nSPS) is 13.5. The summed E-state index contributed by atoms with van der Waals surface area (Å²) >= 11 is 6.56. The van der Waals surface area contributed by atoms with Crippen LogP contribution in [0.25, 0.3) is 40.0 Å². The van der Waals surface area contributed by atoms with Gasteiger partial charge in [0.1, 0.15) is 11.6 Å². The van der Waals surface area contributed by atoms with Crippen LogP contribution < -0.4 is 16.4 Å². The molecule has 0 bridgehead atoms. The first-order valence-corrected chi connectivity index (χ1v) is 14.2. The van der Waals surface area contributed by atoms with Gasteiger partial charge in [0.2, 0.25) is 0 Å². The maximum atomic E-state index is 6.56. The van der Waals surface area contributed by atoms with Gasteiger partial charge in [0.15, 0.2) is 0 Å². The van der Waals surface area contributed by atoms with Crippen LogP contribution in [0.3, 0.4) is 0 Å². The van der Waals surface area contributed by atoms with Crippen LogP contribution in [0.1, 0.15) is 35.2 Å². The predicted octanol–water partition coefficient (Wildman–Crippen LogP) is 9.28. The van der Waals surface area contributed by atoms with Gasteiger partial charge in [-0.2, -0.15) is 0 Å². The Kier molecular flexibility index (Phi) is 8.70. The molecule has 6 heteroatoms. The van der Waals surface area contributed by atoms with E-state index >= 15 is 0 Å². The molecule has 0 unspecified atom stereocenters. The van der Waals surface area contributed by atoms with Crippen LogP contribution in [0.4, 0.5) is 17.3 Å². The molecule has 0 fully saturated rings. The molecule has 0 saturated heterocycles. The minimum absolute atomic E-state index is 0.423. The van der Waals surface area contributed by atoms with Crippen molar-refractivity contribution in [3.63, 3.8) is 0 Å². The molecule has 2 aromatic heterocycles. The molecule has 0 spiro atoms. The molecule has 42 heavy (non-hydrogen) atoms. The zero-order valence-electron chi connectivity index (χ0n) is 23.8. The lowest BCUT2D eigenvalue weighted by molar-refractivity contribution is 1.08. The summed E-state index contributed by atoms with van der Waals surface area (Å²) in [7, 11) is 1.97. The van der Waals surface area contributed by atoms with Crippen LogP contribution in [0, 0.1) is 0 Å². The number of nitrogen functional groups attached to an aromatic ring is 1. The summed E-state index contributed by atoms with van der Waals surface area (Å²) in [6.45, 7) is 11.5. The average molecular weight is 572 g/mol. The molecule has 0 saturated carbocycles. The van der Waals surface area contributed by atoms with Gasteiger partial charge in [0.25, 0.3) is 0 Å². The number of rotatable bonds is 10. The quantitative estimate of drug-likeness (QED) is 0.131. The highest BCUT2D eigenvalue weighted by Crippen LogP contribution is 2.44. The molecule has 2 aromatic carbocycles. The maximum Gasteiger partial charge on any atom is 0.131 e. The zero-order chi connectivity index (χ0) is 29.6. The van der Waals surface area contributed by atoms with E-state index in [9.17, 15) is 0 Å². The standard InChI is InChI=1S/C36H34ClN5/c1-5-10-23(6-2)22-41-34-21-26(17-18-40-34)28-12-9-14-31(35(28)39-4)29-13-8-11-27-25(15-16-30(27)29)20-33-32(37)19-24(7-3)36(38)42-33/h5-9,11-14,17-22,39H,1-3,10,15-16H2,4H3,(H2,38,42)(H,40,41)/b23-22-,25-20+. The summed E-state index contributed by atoms with van der Waals surface area (Å²) in [6, 6.07) is 18.8. The lowest BCUT2D eigenvalue weighted by Crippen LogP contribution is -1.99. The molecule has 2 heterocycles. The minimum Gasteiger partial charge on any atom is -0.387 e. The van der Waals surface area contributed by atoms with Crippen molar-refractivity contribution in [1.82, 2.24) is 9.97 Å². The van der Waals surface area contributed by atoms with Crippen molar-refractivity contribution in [1.29, 1.82) is 0 Å². The molecule has 5 nitrogen and oxygen atoms in total. The van der Waals surface area contributed by atoms with Crippen LogP contribution >= 0.6 is 11.6 Å². The van der Waals surface area contributed by atoms with Crippen molar-refractivity contribution >= 4 is 46.6 Å². The molecule has 0 aliphatic heterocycles. The topological polar surface area (TPSA) is 75.9 Å². The van der Waals surface area contributed by atoms with Crippen LogP contribution in [-0.2, 0) is 6.42 Å². The van der Waals surface area contributed by atoms with E-state index in [0.29, 0.717) is 16.5 Å². The van der Waals surface area contributed by atoms with E-state index in [1.54, 1.807) is 6.08 Å². The molecule has 0 atom stereocenters. The van der Waals surface area contributed by atoms with E-state index in [-0.39, 0.29) is 0 Å². The van der Waals surface area contributed by atoms with Crippen molar-refractivity contribution in [3.8, 4) is 22.3 Å². The van der Waals surface area contributed by atoms with E-state index in [0.717, 1.165) is 58.6 Å². The molecule has 1 aliphatic rings. The Bertz CT molecular complexity index is 1750. The molecule has 5 rings (SSSR count). The fraction of sp³-hybridized carbons (Fsp3) is 0.111. The Morgan fingerprint density at radius 1 is 1.00 bits per heavy atom. The Balaban J connectivity index is 1.53. The van der Waals surface area contributed by atoms with Gasteiger partial charge < -0.3 is 16.4 Å². The van der Waals surface area contributed by atoms with Gasteiger partial charge in [-0.25, -0.2) is 9.97 Å². The number of para-hydroxylation sites is 1. The number of hydrogen-bond donors (Lipinski definition) is 3. The molecular formula is C36H34ClN5. The van der Waals surface area contributed by atoms with Crippen molar-refractivity contribution in [2.24, 2.45) is 0 Å². The van der Waals surface area contributed by atoms with Gasteiger partial charge in [0.05, 0.1) is 10.7 Å². The predicted molar refractivity (Wildman–Crippen MR) is 181 cm³/mol. The number of benzene rings is 2. The number of fused-ring (bicyclic) bond motifs is 1. The van der Waals surface area contributed by atoms with Gasteiger partial charge in [0, 0.05) is 41.8 Å². The molecular weight excluding hydrogens is 538 g/mol. The number of nitrogens with zero attached hydrogens (tertiary/aromatic N) is 2.